The number of furan rings is 1. The second-order valence-electron chi connectivity index (χ2n) is 7.10. The lowest BCUT2D eigenvalue weighted by Gasteiger charge is -2.17. The summed E-state index contributed by atoms with van der Waals surface area (Å²) in [6, 6.07) is 9.13. The number of phenols is 1. The van der Waals surface area contributed by atoms with E-state index >= 15 is 0 Å². The first-order chi connectivity index (χ1) is 15.5. The Balaban J connectivity index is 1.75. The third kappa shape index (κ3) is 4.89. The van der Waals surface area contributed by atoms with Crippen molar-refractivity contribution >= 4 is 22.8 Å². The molecular weight excluding hydrogens is 410 g/mol. The standard InChI is InChI=1S/C25H29NO6/c1-5-26(6-2)14-16-31-18-10-7-17(8-11-18)9-12-20(27)21-22(28)25(30-4)24-19(13-15-32-24)23(21)29-3/h7-13,15,28H,5-6,14,16H2,1-4H3/b12-9+. The van der Waals surface area contributed by atoms with Crippen LogP contribution in [0.25, 0.3) is 17.0 Å². The van der Waals surface area contributed by atoms with Gasteiger partial charge in [0.25, 0.3) is 0 Å². The molecule has 2 aromatic carbocycles. The number of phenolic OH excluding ortho intramolecular Hbond substituents is 1. The molecule has 0 unspecified atom stereocenters. The number of hydrogen-bond acceptors (Lipinski definition) is 7. The summed E-state index contributed by atoms with van der Waals surface area (Å²) in [6.07, 6.45) is 4.51. The number of ether oxygens (including phenoxy) is 3. The Morgan fingerprint density at radius 3 is 2.38 bits per heavy atom. The van der Waals surface area contributed by atoms with Crippen molar-refractivity contribution < 1.29 is 28.5 Å². The molecule has 0 spiro atoms. The van der Waals surface area contributed by atoms with Gasteiger partial charge in [-0.2, -0.15) is 0 Å². The maximum atomic E-state index is 12.9. The van der Waals surface area contributed by atoms with Crippen LogP contribution in [0.5, 0.6) is 23.0 Å². The lowest BCUT2D eigenvalue weighted by atomic mass is 10.0. The number of ketones is 1. The Morgan fingerprint density at radius 2 is 1.75 bits per heavy atom. The maximum Gasteiger partial charge on any atom is 0.205 e. The lowest BCUT2D eigenvalue weighted by Crippen LogP contribution is -2.27. The van der Waals surface area contributed by atoms with Crippen LogP contribution in [-0.2, 0) is 0 Å². The molecule has 0 saturated carbocycles. The average Bonchev–Trinajstić information content (AvgIpc) is 3.29. The highest BCUT2D eigenvalue weighted by Crippen LogP contribution is 2.45. The van der Waals surface area contributed by atoms with E-state index < -0.39 is 5.78 Å². The number of aromatic hydroxyl groups is 1. The predicted octanol–water partition coefficient (Wildman–Crippen LogP) is 4.77. The van der Waals surface area contributed by atoms with Gasteiger partial charge in [-0.1, -0.05) is 32.1 Å². The Morgan fingerprint density at radius 1 is 1.06 bits per heavy atom. The van der Waals surface area contributed by atoms with Crippen molar-refractivity contribution in [1.82, 2.24) is 4.90 Å². The molecule has 0 aliphatic heterocycles. The summed E-state index contributed by atoms with van der Waals surface area (Å²) in [5.74, 6) is 0.362. The molecule has 0 aliphatic carbocycles. The van der Waals surface area contributed by atoms with Crippen LogP contribution in [0.2, 0.25) is 0 Å². The number of benzene rings is 2. The van der Waals surface area contributed by atoms with Gasteiger partial charge in [0, 0.05) is 6.54 Å². The van der Waals surface area contributed by atoms with Crippen LogP contribution in [0, 0.1) is 0 Å². The Hall–Kier alpha value is -3.45. The molecule has 0 bridgehead atoms. The van der Waals surface area contributed by atoms with E-state index in [4.69, 9.17) is 18.6 Å². The smallest absolute Gasteiger partial charge is 0.205 e. The molecule has 0 aliphatic rings. The third-order valence-corrected chi connectivity index (χ3v) is 5.33. The second-order valence-corrected chi connectivity index (χ2v) is 7.10. The number of rotatable bonds is 11. The minimum Gasteiger partial charge on any atom is -0.504 e. The van der Waals surface area contributed by atoms with Crippen LogP contribution >= 0.6 is 0 Å². The topological polar surface area (TPSA) is 81.4 Å². The van der Waals surface area contributed by atoms with Crippen molar-refractivity contribution in [2.75, 3.05) is 40.5 Å². The van der Waals surface area contributed by atoms with Gasteiger partial charge in [-0.25, -0.2) is 0 Å². The van der Waals surface area contributed by atoms with Crippen LogP contribution < -0.4 is 14.2 Å². The molecule has 7 nitrogen and oxygen atoms in total. The lowest BCUT2D eigenvalue weighted by molar-refractivity contribution is 0.104. The van der Waals surface area contributed by atoms with Crippen molar-refractivity contribution in [3.8, 4) is 23.0 Å². The zero-order valence-electron chi connectivity index (χ0n) is 18.9. The van der Waals surface area contributed by atoms with Crippen LogP contribution in [0.4, 0.5) is 0 Å². The highest BCUT2D eigenvalue weighted by atomic mass is 16.5. The first-order valence-corrected chi connectivity index (χ1v) is 10.6. The molecule has 1 aromatic heterocycles. The molecule has 0 fully saturated rings. The van der Waals surface area contributed by atoms with Gasteiger partial charge in [-0.3, -0.25) is 4.79 Å². The van der Waals surface area contributed by atoms with Gasteiger partial charge in [0.05, 0.1) is 25.9 Å². The van der Waals surface area contributed by atoms with Crippen molar-refractivity contribution in [2.24, 2.45) is 0 Å². The number of hydrogen-bond donors (Lipinski definition) is 1. The quantitative estimate of drug-likeness (QED) is 0.340. The fourth-order valence-corrected chi connectivity index (χ4v) is 3.52. The minimum absolute atomic E-state index is 0.0193. The fraction of sp³-hybridized carbons (Fsp3) is 0.320. The molecule has 1 N–H and O–H groups in total. The summed E-state index contributed by atoms with van der Waals surface area (Å²) in [7, 11) is 2.84. The van der Waals surface area contributed by atoms with E-state index in [1.165, 1.54) is 26.6 Å². The number of likely N-dealkylation sites (N-methyl/N-ethyl adjacent to an activating group) is 1. The number of carbonyl (C=O) groups is 1. The number of allylic oxidation sites excluding steroid dienone is 1. The Bertz CT molecular complexity index is 1080. The van der Waals surface area contributed by atoms with Crippen molar-refractivity contribution in [3.05, 3.63) is 53.8 Å². The van der Waals surface area contributed by atoms with Gasteiger partial charge >= 0.3 is 0 Å². The van der Waals surface area contributed by atoms with Gasteiger partial charge < -0.3 is 28.6 Å². The molecule has 3 rings (SSSR count). The summed E-state index contributed by atoms with van der Waals surface area (Å²) in [6.45, 7) is 7.75. The van der Waals surface area contributed by atoms with E-state index in [9.17, 15) is 9.90 Å². The molecule has 1 heterocycles. The SMILES string of the molecule is CCN(CC)CCOc1ccc(/C=C/C(=O)c2c(O)c(OC)c3occc3c2OC)cc1. The zero-order valence-corrected chi connectivity index (χ0v) is 18.9. The summed E-state index contributed by atoms with van der Waals surface area (Å²) < 4.78 is 21.8. The predicted molar refractivity (Wildman–Crippen MR) is 124 cm³/mol. The number of carbonyl (C=O) groups excluding carboxylic acids is 1. The van der Waals surface area contributed by atoms with Crippen LogP contribution in [-0.4, -0.2) is 56.3 Å². The van der Waals surface area contributed by atoms with Crippen molar-refractivity contribution in [2.45, 2.75) is 13.8 Å². The number of methoxy groups -OCH3 is 2. The number of fused-ring (bicyclic) bond motifs is 1. The van der Waals surface area contributed by atoms with E-state index in [0.29, 0.717) is 17.6 Å². The largest absolute Gasteiger partial charge is 0.504 e. The molecule has 3 aromatic rings. The molecule has 0 saturated heterocycles. The normalized spacial score (nSPS) is 11.4. The van der Waals surface area contributed by atoms with Gasteiger partial charge in [-0.05, 0) is 42.9 Å². The van der Waals surface area contributed by atoms with Gasteiger partial charge in [0.15, 0.2) is 17.1 Å². The molecule has 0 radical (unpaired) electrons. The van der Waals surface area contributed by atoms with Gasteiger partial charge in [-0.15, -0.1) is 0 Å². The van der Waals surface area contributed by atoms with Gasteiger partial charge in [0.2, 0.25) is 5.75 Å². The first-order valence-electron chi connectivity index (χ1n) is 10.6. The molecule has 0 amide bonds. The molecule has 0 atom stereocenters. The first kappa shape index (κ1) is 23.2. The van der Waals surface area contributed by atoms with E-state index in [-0.39, 0.29) is 22.8 Å². The van der Waals surface area contributed by atoms with Crippen LogP contribution in [0.15, 0.2) is 47.1 Å². The third-order valence-electron chi connectivity index (χ3n) is 5.33. The minimum atomic E-state index is -0.416. The Labute approximate surface area is 187 Å². The molecule has 7 heteroatoms. The number of nitrogens with zero attached hydrogens (tertiary/aromatic N) is 1. The molecule has 170 valence electrons. The summed E-state index contributed by atoms with van der Waals surface area (Å²) >= 11 is 0. The monoisotopic (exact) mass is 439 g/mol. The average molecular weight is 440 g/mol. The fourth-order valence-electron chi connectivity index (χ4n) is 3.52. The summed E-state index contributed by atoms with van der Waals surface area (Å²) in [4.78, 5) is 15.2. The van der Waals surface area contributed by atoms with Crippen molar-refractivity contribution in [3.63, 3.8) is 0 Å². The molecule has 32 heavy (non-hydrogen) atoms. The zero-order chi connectivity index (χ0) is 23.1. The molecular formula is C25H29NO6. The van der Waals surface area contributed by atoms with Gasteiger partial charge in [0.1, 0.15) is 23.7 Å². The van der Waals surface area contributed by atoms with E-state index in [1.54, 1.807) is 12.1 Å². The Kier molecular flexibility index (Phi) is 7.78. The summed E-state index contributed by atoms with van der Waals surface area (Å²) in [5, 5.41) is 11.2. The second kappa shape index (κ2) is 10.7. The van der Waals surface area contributed by atoms with Crippen LogP contribution in [0.1, 0.15) is 29.8 Å². The summed E-state index contributed by atoms with van der Waals surface area (Å²) in [5.41, 5.74) is 1.16. The van der Waals surface area contributed by atoms with E-state index in [0.717, 1.165) is 30.9 Å². The maximum absolute atomic E-state index is 12.9. The highest BCUT2D eigenvalue weighted by molar-refractivity contribution is 6.15. The van der Waals surface area contributed by atoms with Crippen LogP contribution in [0.3, 0.4) is 0 Å². The highest BCUT2D eigenvalue weighted by Gasteiger charge is 2.26. The van der Waals surface area contributed by atoms with E-state index in [1.807, 2.05) is 24.3 Å². The van der Waals surface area contributed by atoms with Crippen molar-refractivity contribution in [1.29, 1.82) is 0 Å². The van der Waals surface area contributed by atoms with E-state index in [2.05, 4.69) is 18.7 Å².